The topological polar surface area (TPSA) is 49.6 Å². The number of carbonyl (C=O) groups is 1. The van der Waals surface area contributed by atoms with Crippen LogP contribution in [0.25, 0.3) is 0 Å². The van der Waals surface area contributed by atoms with Gasteiger partial charge in [0.25, 0.3) is 0 Å². The van der Waals surface area contributed by atoms with E-state index < -0.39 is 0 Å². The van der Waals surface area contributed by atoms with Gasteiger partial charge in [0.2, 0.25) is 5.91 Å². The molecular formula is C15H31N3O. The molecule has 0 saturated carbocycles. The summed E-state index contributed by atoms with van der Waals surface area (Å²) in [6.45, 7) is 9.25. The van der Waals surface area contributed by atoms with Crippen LogP contribution >= 0.6 is 0 Å². The van der Waals surface area contributed by atoms with E-state index in [1.807, 2.05) is 11.9 Å². The molecule has 1 fully saturated rings. The van der Waals surface area contributed by atoms with E-state index in [1.54, 1.807) is 0 Å². The van der Waals surface area contributed by atoms with Crippen LogP contribution in [-0.4, -0.2) is 54.5 Å². The van der Waals surface area contributed by atoms with Crippen LogP contribution in [0.4, 0.5) is 0 Å². The minimum atomic E-state index is 0.0122. The molecule has 1 rings (SSSR count). The lowest BCUT2D eigenvalue weighted by Crippen LogP contribution is -2.49. The molecule has 0 spiro atoms. The normalized spacial score (nSPS) is 19.7. The Kier molecular flexibility index (Phi) is 6.80. The van der Waals surface area contributed by atoms with Gasteiger partial charge in [0.1, 0.15) is 0 Å². The lowest BCUT2D eigenvalue weighted by molar-refractivity contribution is -0.137. The van der Waals surface area contributed by atoms with E-state index in [0.29, 0.717) is 18.6 Å². The van der Waals surface area contributed by atoms with Crippen LogP contribution in [0.5, 0.6) is 0 Å². The fraction of sp³-hybridized carbons (Fsp3) is 0.933. The van der Waals surface area contributed by atoms with Crippen molar-refractivity contribution in [2.45, 2.75) is 58.5 Å². The molecule has 0 aromatic rings. The van der Waals surface area contributed by atoms with Gasteiger partial charge in [0.15, 0.2) is 0 Å². The van der Waals surface area contributed by atoms with E-state index in [9.17, 15) is 4.79 Å². The van der Waals surface area contributed by atoms with E-state index in [4.69, 9.17) is 5.73 Å². The third-order valence-corrected chi connectivity index (χ3v) is 4.40. The minimum absolute atomic E-state index is 0.0122. The second-order valence-electron chi connectivity index (χ2n) is 6.03. The quantitative estimate of drug-likeness (QED) is 0.798. The maximum absolute atomic E-state index is 12.4. The molecule has 1 aliphatic heterocycles. The second kappa shape index (κ2) is 7.85. The highest BCUT2D eigenvalue weighted by Crippen LogP contribution is 2.19. The summed E-state index contributed by atoms with van der Waals surface area (Å²) in [7, 11) is 1.95. The predicted octanol–water partition coefficient (Wildman–Crippen LogP) is 1.69. The zero-order valence-corrected chi connectivity index (χ0v) is 13.1. The average Bonchev–Trinajstić information content (AvgIpc) is 2.43. The number of carbonyl (C=O) groups excluding carboxylic acids is 1. The highest BCUT2D eigenvalue weighted by molar-refractivity contribution is 5.79. The average molecular weight is 269 g/mol. The Morgan fingerprint density at radius 1 is 1.37 bits per heavy atom. The summed E-state index contributed by atoms with van der Waals surface area (Å²) < 4.78 is 0. The number of likely N-dealkylation sites (tertiary alicyclic amines) is 1. The molecule has 19 heavy (non-hydrogen) atoms. The molecule has 1 atom stereocenters. The van der Waals surface area contributed by atoms with Crippen LogP contribution in [0.2, 0.25) is 0 Å². The zero-order valence-electron chi connectivity index (χ0n) is 13.1. The van der Waals surface area contributed by atoms with Crippen LogP contribution in [0, 0.1) is 5.92 Å². The molecule has 0 radical (unpaired) electrons. The van der Waals surface area contributed by atoms with Gasteiger partial charge < -0.3 is 15.5 Å². The van der Waals surface area contributed by atoms with E-state index >= 15 is 0 Å². The summed E-state index contributed by atoms with van der Waals surface area (Å²) >= 11 is 0. The van der Waals surface area contributed by atoms with Crippen molar-refractivity contribution < 1.29 is 4.79 Å². The van der Waals surface area contributed by atoms with Gasteiger partial charge in [-0.25, -0.2) is 0 Å². The molecule has 1 unspecified atom stereocenters. The minimum Gasteiger partial charge on any atom is -0.342 e. The molecule has 4 heteroatoms. The Morgan fingerprint density at radius 3 is 2.37 bits per heavy atom. The summed E-state index contributed by atoms with van der Waals surface area (Å²) in [4.78, 5) is 16.9. The van der Waals surface area contributed by atoms with Gasteiger partial charge in [0.05, 0.1) is 5.92 Å². The highest BCUT2D eigenvalue weighted by atomic mass is 16.2. The van der Waals surface area contributed by atoms with Crippen molar-refractivity contribution in [2.24, 2.45) is 11.7 Å². The van der Waals surface area contributed by atoms with Crippen LogP contribution < -0.4 is 5.73 Å². The standard InChI is InChI=1S/C15H31N3O/c1-5-6-13(11-16)15(19)17(4)14-7-9-18(10-8-14)12(2)3/h12-14H,5-11,16H2,1-4H3. The van der Waals surface area contributed by atoms with Crippen molar-refractivity contribution in [3.05, 3.63) is 0 Å². The zero-order chi connectivity index (χ0) is 14.4. The number of hydrogen-bond acceptors (Lipinski definition) is 3. The van der Waals surface area contributed by atoms with Gasteiger partial charge in [-0.15, -0.1) is 0 Å². The van der Waals surface area contributed by atoms with Gasteiger partial charge in [-0.3, -0.25) is 4.79 Å². The summed E-state index contributed by atoms with van der Waals surface area (Å²) in [5, 5.41) is 0. The molecule has 1 aliphatic rings. The Bertz CT molecular complexity index is 273. The number of nitrogens with zero attached hydrogens (tertiary/aromatic N) is 2. The fourth-order valence-corrected chi connectivity index (χ4v) is 2.95. The summed E-state index contributed by atoms with van der Waals surface area (Å²) in [6.07, 6.45) is 4.10. The van der Waals surface area contributed by atoms with E-state index in [1.165, 1.54) is 0 Å². The van der Waals surface area contributed by atoms with E-state index in [2.05, 4.69) is 25.7 Å². The maximum Gasteiger partial charge on any atom is 0.226 e. The highest BCUT2D eigenvalue weighted by Gasteiger charge is 2.29. The van der Waals surface area contributed by atoms with Gasteiger partial charge >= 0.3 is 0 Å². The van der Waals surface area contributed by atoms with Gasteiger partial charge in [-0.2, -0.15) is 0 Å². The number of hydrogen-bond donors (Lipinski definition) is 1. The molecule has 1 saturated heterocycles. The van der Waals surface area contributed by atoms with Crippen LogP contribution in [0.15, 0.2) is 0 Å². The molecule has 0 aliphatic carbocycles. The molecule has 0 aromatic heterocycles. The fourth-order valence-electron chi connectivity index (χ4n) is 2.95. The van der Waals surface area contributed by atoms with E-state index in [-0.39, 0.29) is 11.8 Å². The van der Waals surface area contributed by atoms with Gasteiger partial charge in [-0.1, -0.05) is 13.3 Å². The largest absolute Gasteiger partial charge is 0.342 e. The van der Waals surface area contributed by atoms with Crippen molar-refractivity contribution >= 4 is 5.91 Å². The van der Waals surface area contributed by atoms with Crippen molar-refractivity contribution in [1.82, 2.24) is 9.80 Å². The van der Waals surface area contributed by atoms with Crippen molar-refractivity contribution in [2.75, 3.05) is 26.7 Å². The maximum atomic E-state index is 12.4. The van der Waals surface area contributed by atoms with Crippen LogP contribution in [-0.2, 0) is 4.79 Å². The van der Waals surface area contributed by atoms with E-state index in [0.717, 1.165) is 38.8 Å². The first-order valence-electron chi connectivity index (χ1n) is 7.72. The summed E-state index contributed by atoms with van der Waals surface area (Å²) in [6, 6.07) is 1.01. The Hall–Kier alpha value is -0.610. The molecule has 4 nitrogen and oxygen atoms in total. The lowest BCUT2D eigenvalue weighted by atomic mass is 9.98. The first kappa shape index (κ1) is 16.4. The number of amides is 1. The van der Waals surface area contributed by atoms with Crippen LogP contribution in [0.1, 0.15) is 46.5 Å². The summed E-state index contributed by atoms with van der Waals surface area (Å²) in [5.41, 5.74) is 5.73. The van der Waals surface area contributed by atoms with Gasteiger partial charge in [-0.05, 0) is 33.1 Å². The van der Waals surface area contributed by atoms with Crippen LogP contribution in [0.3, 0.4) is 0 Å². The number of rotatable bonds is 6. The number of nitrogens with two attached hydrogens (primary N) is 1. The van der Waals surface area contributed by atoms with Crippen molar-refractivity contribution in [3.63, 3.8) is 0 Å². The smallest absolute Gasteiger partial charge is 0.226 e. The summed E-state index contributed by atoms with van der Waals surface area (Å²) in [5.74, 6) is 0.255. The first-order chi connectivity index (χ1) is 9.01. The predicted molar refractivity (Wildman–Crippen MR) is 80.0 cm³/mol. The molecule has 1 amide bonds. The van der Waals surface area contributed by atoms with Gasteiger partial charge in [0, 0.05) is 38.8 Å². The Morgan fingerprint density at radius 2 is 1.95 bits per heavy atom. The molecule has 0 aromatic carbocycles. The Labute approximate surface area is 118 Å². The Balaban J connectivity index is 2.49. The molecule has 0 bridgehead atoms. The lowest BCUT2D eigenvalue weighted by Gasteiger charge is -2.39. The van der Waals surface area contributed by atoms with Crippen molar-refractivity contribution in [1.29, 1.82) is 0 Å². The monoisotopic (exact) mass is 269 g/mol. The SMILES string of the molecule is CCCC(CN)C(=O)N(C)C1CCN(C(C)C)CC1. The first-order valence-corrected chi connectivity index (χ1v) is 7.72. The molecular weight excluding hydrogens is 238 g/mol. The third kappa shape index (κ3) is 4.46. The second-order valence-corrected chi connectivity index (χ2v) is 6.03. The van der Waals surface area contributed by atoms with Crippen molar-refractivity contribution in [3.8, 4) is 0 Å². The number of piperidine rings is 1. The molecule has 112 valence electrons. The molecule has 1 heterocycles. The third-order valence-electron chi connectivity index (χ3n) is 4.40. The molecule has 2 N–H and O–H groups in total.